The Bertz CT molecular complexity index is 606. The molecule has 0 spiro atoms. The van der Waals surface area contributed by atoms with Gasteiger partial charge in [0.05, 0.1) is 12.7 Å². The number of rotatable bonds is 2. The van der Waals surface area contributed by atoms with E-state index in [1.807, 2.05) is 6.08 Å². The lowest BCUT2D eigenvalue weighted by molar-refractivity contribution is -0.111. The van der Waals surface area contributed by atoms with E-state index in [1.54, 1.807) is 13.2 Å². The number of methoxy groups -OCH3 is 1. The van der Waals surface area contributed by atoms with E-state index in [1.165, 1.54) is 5.57 Å². The number of hydrogen-bond donors (Lipinski definition) is 1. The number of ether oxygens (including phenoxy) is 1. The van der Waals surface area contributed by atoms with Crippen LogP contribution >= 0.6 is 0 Å². The van der Waals surface area contributed by atoms with Crippen LogP contribution in [-0.2, 0) is 9.53 Å². The van der Waals surface area contributed by atoms with Crippen LogP contribution in [0.15, 0.2) is 23.8 Å². The Morgan fingerprint density at radius 1 is 1.25 bits per heavy atom. The molecule has 0 saturated heterocycles. The van der Waals surface area contributed by atoms with Gasteiger partial charge >= 0.3 is 0 Å². The normalized spacial score (nSPS) is 50.1. The summed E-state index contributed by atoms with van der Waals surface area (Å²) in [7, 11) is 1.76. The van der Waals surface area contributed by atoms with Crippen molar-refractivity contribution in [3.05, 3.63) is 23.8 Å². The van der Waals surface area contributed by atoms with Crippen molar-refractivity contribution in [2.75, 3.05) is 13.7 Å². The molecule has 1 N–H and O–H groups in total. The molecule has 0 radical (unpaired) electrons. The fourth-order valence-corrected chi connectivity index (χ4v) is 6.75. The van der Waals surface area contributed by atoms with E-state index in [4.69, 9.17) is 4.74 Å². The molecule has 4 aliphatic rings. The lowest BCUT2D eigenvalue weighted by Gasteiger charge is -2.58. The maximum Gasteiger partial charge on any atom is 0.178 e. The van der Waals surface area contributed by atoms with Gasteiger partial charge in [0.15, 0.2) is 5.78 Å². The van der Waals surface area contributed by atoms with Crippen LogP contribution in [0, 0.1) is 34.5 Å². The molecule has 24 heavy (non-hydrogen) atoms. The third-order valence-corrected chi connectivity index (χ3v) is 8.04. The van der Waals surface area contributed by atoms with Gasteiger partial charge in [0.1, 0.15) is 0 Å². The molecule has 4 rings (SSSR count). The summed E-state index contributed by atoms with van der Waals surface area (Å²) in [5.74, 6) is 2.27. The Hall–Kier alpha value is -0.930. The molecule has 0 aliphatic heterocycles. The van der Waals surface area contributed by atoms with Crippen molar-refractivity contribution >= 4 is 5.78 Å². The van der Waals surface area contributed by atoms with Crippen LogP contribution in [0.4, 0.5) is 0 Å². The van der Waals surface area contributed by atoms with E-state index >= 15 is 0 Å². The van der Waals surface area contributed by atoms with Crippen molar-refractivity contribution in [2.24, 2.45) is 34.5 Å². The van der Waals surface area contributed by atoms with Gasteiger partial charge in [-0.15, -0.1) is 0 Å². The molecule has 3 saturated carbocycles. The maximum absolute atomic E-state index is 12.0. The van der Waals surface area contributed by atoms with E-state index in [2.05, 4.69) is 19.9 Å². The number of carbonyl (C=O) groups is 1. The Balaban J connectivity index is 1.74. The number of hydrogen-bond acceptors (Lipinski definition) is 3. The number of ketones is 1. The molecule has 0 aromatic carbocycles. The van der Waals surface area contributed by atoms with Crippen LogP contribution < -0.4 is 0 Å². The van der Waals surface area contributed by atoms with Crippen LogP contribution in [-0.4, -0.2) is 30.7 Å². The third-order valence-electron chi connectivity index (χ3n) is 8.04. The number of carbonyl (C=O) groups excluding carboxylic acids is 1. The van der Waals surface area contributed by atoms with Crippen molar-refractivity contribution in [3.8, 4) is 0 Å². The fraction of sp³-hybridized carbons (Fsp3) is 0.762. The minimum absolute atomic E-state index is 0.0190. The van der Waals surface area contributed by atoms with Crippen molar-refractivity contribution in [1.82, 2.24) is 0 Å². The molecule has 0 aromatic rings. The van der Waals surface area contributed by atoms with Gasteiger partial charge in [0.2, 0.25) is 0 Å². The van der Waals surface area contributed by atoms with Crippen molar-refractivity contribution in [3.63, 3.8) is 0 Å². The minimum atomic E-state index is -0.141. The first-order valence-electron chi connectivity index (χ1n) is 9.52. The second-order valence-electron chi connectivity index (χ2n) is 9.02. The highest BCUT2D eigenvalue weighted by Gasteiger charge is 2.59. The topological polar surface area (TPSA) is 46.5 Å². The SMILES string of the molecule is COC[C@@H]1C[C@@H]2C(CC[C@]3(C)[C@@H](O)CC[C@@H]23)[C@@]2(C)C=CC(=O)C=C12. The van der Waals surface area contributed by atoms with Gasteiger partial charge in [-0.2, -0.15) is 0 Å². The standard InChI is InChI=1S/C21H30O3/c1-20-8-6-14(22)11-18(20)13(12-24-3)10-15-16-4-5-19(23)21(16,2)9-7-17(15)20/h6,8,11,13,15-17,19,23H,4-5,7,9-10,12H2,1-3H3/t13-,15-,16-,17?,19-,20+,21-/m0/s1. The van der Waals surface area contributed by atoms with E-state index in [0.29, 0.717) is 30.3 Å². The van der Waals surface area contributed by atoms with E-state index < -0.39 is 0 Å². The number of allylic oxidation sites excluding steroid dienone is 3. The molecule has 0 heterocycles. The predicted octanol–water partition coefficient (Wildman–Crippen LogP) is 3.53. The number of aliphatic hydroxyl groups is 1. The third kappa shape index (κ3) is 2.13. The molecule has 0 bridgehead atoms. The Labute approximate surface area is 145 Å². The summed E-state index contributed by atoms with van der Waals surface area (Å²) in [5.41, 5.74) is 1.36. The van der Waals surface area contributed by atoms with Gasteiger partial charge in [-0.05, 0) is 67.4 Å². The highest BCUT2D eigenvalue weighted by atomic mass is 16.5. The smallest absolute Gasteiger partial charge is 0.178 e. The van der Waals surface area contributed by atoms with Gasteiger partial charge in [0.25, 0.3) is 0 Å². The lowest BCUT2D eigenvalue weighted by Crippen LogP contribution is -2.52. The summed E-state index contributed by atoms with van der Waals surface area (Å²) in [6.07, 6.45) is 11.2. The Morgan fingerprint density at radius 2 is 2.04 bits per heavy atom. The predicted molar refractivity (Wildman–Crippen MR) is 93.4 cm³/mol. The summed E-state index contributed by atoms with van der Waals surface area (Å²) in [6, 6.07) is 0. The van der Waals surface area contributed by atoms with Crippen molar-refractivity contribution in [1.29, 1.82) is 0 Å². The molecule has 0 amide bonds. The molecular formula is C21H30O3. The molecule has 1 unspecified atom stereocenters. The average molecular weight is 330 g/mol. The quantitative estimate of drug-likeness (QED) is 0.842. The summed E-state index contributed by atoms with van der Waals surface area (Å²) in [5, 5.41) is 10.6. The lowest BCUT2D eigenvalue weighted by atomic mass is 9.46. The fourth-order valence-electron chi connectivity index (χ4n) is 6.75. The van der Waals surface area contributed by atoms with Crippen LogP contribution in [0.5, 0.6) is 0 Å². The van der Waals surface area contributed by atoms with Crippen molar-refractivity contribution in [2.45, 2.75) is 52.1 Å². The monoisotopic (exact) mass is 330 g/mol. The summed E-state index contributed by atoms with van der Waals surface area (Å²) >= 11 is 0. The van der Waals surface area contributed by atoms with Crippen LogP contribution in [0.1, 0.15) is 46.0 Å². The summed E-state index contributed by atoms with van der Waals surface area (Å²) in [4.78, 5) is 12.0. The largest absolute Gasteiger partial charge is 0.393 e. The first kappa shape index (κ1) is 16.5. The van der Waals surface area contributed by atoms with Crippen molar-refractivity contribution < 1.29 is 14.6 Å². The van der Waals surface area contributed by atoms with Crippen LogP contribution in [0.25, 0.3) is 0 Å². The zero-order chi connectivity index (χ0) is 17.1. The summed E-state index contributed by atoms with van der Waals surface area (Å²) in [6.45, 7) is 5.33. The molecule has 0 aromatic heterocycles. The van der Waals surface area contributed by atoms with E-state index in [0.717, 1.165) is 32.1 Å². The van der Waals surface area contributed by atoms with Gasteiger partial charge in [-0.3, -0.25) is 4.79 Å². The molecule has 132 valence electrons. The second kappa shape index (κ2) is 5.54. The number of fused-ring (bicyclic) bond motifs is 5. The highest BCUT2D eigenvalue weighted by Crippen LogP contribution is 2.65. The summed E-state index contributed by atoms with van der Waals surface area (Å²) < 4.78 is 5.52. The van der Waals surface area contributed by atoms with Crippen LogP contribution in [0.2, 0.25) is 0 Å². The first-order valence-corrected chi connectivity index (χ1v) is 9.52. The van der Waals surface area contributed by atoms with E-state index in [9.17, 15) is 9.90 Å². The average Bonchev–Trinajstić information content (AvgIpc) is 2.85. The van der Waals surface area contributed by atoms with Gasteiger partial charge in [-0.1, -0.05) is 25.5 Å². The second-order valence-corrected chi connectivity index (χ2v) is 9.02. The maximum atomic E-state index is 12.0. The van der Waals surface area contributed by atoms with E-state index in [-0.39, 0.29) is 22.7 Å². The Kier molecular flexibility index (Phi) is 3.81. The van der Waals surface area contributed by atoms with Gasteiger partial charge in [0, 0.05) is 18.4 Å². The van der Waals surface area contributed by atoms with Crippen LogP contribution in [0.3, 0.4) is 0 Å². The first-order chi connectivity index (χ1) is 11.4. The zero-order valence-electron chi connectivity index (χ0n) is 15.1. The van der Waals surface area contributed by atoms with Gasteiger partial charge < -0.3 is 9.84 Å². The molecule has 3 nitrogen and oxygen atoms in total. The molecule has 3 fully saturated rings. The zero-order valence-corrected chi connectivity index (χ0v) is 15.1. The molecule has 3 heteroatoms. The highest BCUT2D eigenvalue weighted by molar-refractivity contribution is 6.01. The molecule has 7 atom stereocenters. The minimum Gasteiger partial charge on any atom is -0.393 e. The number of aliphatic hydroxyl groups excluding tert-OH is 1. The van der Waals surface area contributed by atoms with Gasteiger partial charge in [-0.25, -0.2) is 0 Å². The molecular weight excluding hydrogens is 300 g/mol. The Morgan fingerprint density at radius 3 is 2.79 bits per heavy atom. The molecule has 4 aliphatic carbocycles.